The quantitative estimate of drug-likeness (QED) is 0.255. The van der Waals surface area contributed by atoms with Crippen LogP contribution in [0.25, 0.3) is 22.5 Å². The predicted octanol–water partition coefficient (Wildman–Crippen LogP) is 7.84. The molecule has 1 unspecified atom stereocenters. The average molecular weight is 519 g/mol. The molecule has 4 aromatic rings. The number of carboxylic acid groups (broad SMARTS) is 1. The summed E-state index contributed by atoms with van der Waals surface area (Å²) in [5.74, 6) is -0.948. The normalized spacial score (nSPS) is 11.7. The molecule has 0 saturated carbocycles. The van der Waals surface area contributed by atoms with E-state index in [0.29, 0.717) is 39.8 Å². The maximum absolute atomic E-state index is 13.0. The summed E-state index contributed by atoms with van der Waals surface area (Å²) in [5, 5.41) is 13.9. The van der Waals surface area contributed by atoms with Gasteiger partial charge in [0.25, 0.3) is 0 Å². The van der Waals surface area contributed by atoms with Gasteiger partial charge in [-0.25, -0.2) is 9.69 Å². The number of anilines is 2. The van der Waals surface area contributed by atoms with Gasteiger partial charge in [-0.15, -0.1) is 0 Å². The number of aliphatic carboxylic acids is 1. The molecule has 8 heteroatoms. The number of rotatable bonds is 8. The highest BCUT2D eigenvalue weighted by molar-refractivity contribution is 6.34. The van der Waals surface area contributed by atoms with Gasteiger partial charge in [-0.05, 0) is 49.1 Å². The molecule has 0 saturated heterocycles. The molecule has 0 aliphatic rings. The zero-order valence-electron chi connectivity index (χ0n) is 20.8. The summed E-state index contributed by atoms with van der Waals surface area (Å²) in [7, 11) is 0. The van der Waals surface area contributed by atoms with Gasteiger partial charge in [-0.3, -0.25) is 4.79 Å². The first-order valence-corrected chi connectivity index (χ1v) is 12.3. The number of para-hydroxylation sites is 1. The van der Waals surface area contributed by atoms with E-state index in [1.807, 2.05) is 55.5 Å². The number of aryl methyl sites for hydroxylation is 1. The number of hydrogen-bond acceptors (Lipinski definition) is 5. The molecule has 4 rings (SSSR count). The van der Waals surface area contributed by atoms with Crippen LogP contribution in [-0.2, 0) is 9.53 Å². The second-order valence-corrected chi connectivity index (χ2v) is 8.84. The summed E-state index contributed by atoms with van der Waals surface area (Å²) in [5.41, 5.74) is 4.80. The number of amides is 1. The fraction of sp³-hybridized carbons (Fsp3) is 0.207. The van der Waals surface area contributed by atoms with Gasteiger partial charge in [0.2, 0.25) is 0 Å². The van der Waals surface area contributed by atoms with Gasteiger partial charge >= 0.3 is 12.1 Å². The van der Waals surface area contributed by atoms with Crippen molar-refractivity contribution in [2.45, 2.75) is 33.1 Å². The van der Waals surface area contributed by atoms with E-state index in [1.54, 1.807) is 38.1 Å². The van der Waals surface area contributed by atoms with Crippen molar-refractivity contribution in [3.63, 3.8) is 0 Å². The van der Waals surface area contributed by atoms with E-state index in [0.717, 1.165) is 16.7 Å². The third-order valence-corrected chi connectivity index (χ3v) is 6.42. The van der Waals surface area contributed by atoms with E-state index in [2.05, 4.69) is 5.16 Å². The molecule has 1 heterocycles. The summed E-state index contributed by atoms with van der Waals surface area (Å²) in [6.45, 7) is 5.54. The Morgan fingerprint density at radius 1 is 0.973 bits per heavy atom. The Hall–Kier alpha value is -4.10. The lowest BCUT2D eigenvalue weighted by Crippen LogP contribution is -2.27. The molecule has 0 fully saturated rings. The molecule has 3 aromatic carbocycles. The molecule has 1 amide bonds. The van der Waals surface area contributed by atoms with Gasteiger partial charge in [0, 0.05) is 5.56 Å². The molecule has 0 aliphatic carbocycles. The highest BCUT2D eigenvalue weighted by Gasteiger charge is 2.30. The first kappa shape index (κ1) is 26.0. The summed E-state index contributed by atoms with van der Waals surface area (Å²) in [6.07, 6.45) is -0.0640. The van der Waals surface area contributed by atoms with E-state index in [1.165, 1.54) is 4.90 Å². The molecule has 0 aliphatic heterocycles. The van der Waals surface area contributed by atoms with Crippen molar-refractivity contribution in [2.75, 3.05) is 11.5 Å². The van der Waals surface area contributed by atoms with E-state index in [-0.39, 0.29) is 6.61 Å². The SMILES string of the molecule is CCOC(=O)N(c1ccccc1Cl)c1c(C)noc1-c1ccc(-c2ccc(C(CC)C(=O)O)cc2)cc1. The molecular weight excluding hydrogens is 492 g/mol. The highest BCUT2D eigenvalue weighted by atomic mass is 35.5. The first-order valence-electron chi connectivity index (χ1n) is 12.0. The van der Waals surface area contributed by atoms with Gasteiger partial charge in [0.1, 0.15) is 11.4 Å². The van der Waals surface area contributed by atoms with Gasteiger partial charge in [0.05, 0.1) is 23.2 Å². The molecule has 0 bridgehead atoms. The standard InChI is InChI=1S/C29H27ClN2O5/c1-4-23(28(33)34)21-14-10-19(11-15-21)20-12-16-22(17-13-20)27-26(18(3)31-37-27)32(29(35)36-5-2)25-9-7-6-8-24(25)30/h6-17,23H,4-5H2,1-3H3,(H,33,34). The second kappa shape index (κ2) is 11.3. The minimum absolute atomic E-state index is 0.193. The topological polar surface area (TPSA) is 92.9 Å². The van der Waals surface area contributed by atoms with Crippen molar-refractivity contribution in [2.24, 2.45) is 0 Å². The molecule has 0 radical (unpaired) electrons. The predicted molar refractivity (Wildman–Crippen MR) is 143 cm³/mol. The summed E-state index contributed by atoms with van der Waals surface area (Å²) in [4.78, 5) is 25.9. The van der Waals surface area contributed by atoms with Crippen LogP contribution in [0.1, 0.15) is 37.4 Å². The molecule has 1 atom stereocenters. The number of nitrogens with zero attached hydrogens (tertiary/aromatic N) is 2. The van der Waals surface area contributed by atoms with Crippen LogP contribution in [0.5, 0.6) is 0 Å². The molecule has 37 heavy (non-hydrogen) atoms. The average Bonchev–Trinajstić information content (AvgIpc) is 3.27. The first-order chi connectivity index (χ1) is 17.8. The number of benzene rings is 3. The molecule has 1 N–H and O–H groups in total. The van der Waals surface area contributed by atoms with Gasteiger partial charge in [-0.2, -0.15) is 0 Å². The fourth-order valence-electron chi connectivity index (χ4n) is 4.22. The fourth-order valence-corrected chi connectivity index (χ4v) is 4.44. The van der Waals surface area contributed by atoms with Crippen LogP contribution < -0.4 is 4.90 Å². The maximum atomic E-state index is 13.0. The van der Waals surface area contributed by atoms with Crippen LogP contribution in [0.3, 0.4) is 0 Å². The van der Waals surface area contributed by atoms with Crippen LogP contribution >= 0.6 is 11.6 Å². The zero-order chi connectivity index (χ0) is 26.5. The number of ether oxygens (including phenoxy) is 1. The highest BCUT2D eigenvalue weighted by Crippen LogP contribution is 2.41. The van der Waals surface area contributed by atoms with Crippen molar-refractivity contribution in [3.05, 3.63) is 89.1 Å². The monoisotopic (exact) mass is 518 g/mol. The van der Waals surface area contributed by atoms with Crippen LogP contribution in [0.4, 0.5) is 16.2 Å². The van der Waals surface area contributed by atoms with Crippen molar-refractivity contribution in [3.8, 4) is 22.5 Å². The van der Waals surface area contributed by atoms with Crippen LogP contribution in [-0.4, -0.2) is 28.9 Å². The van der Waals surface area contributed by atoms with Crippen molar-refractivity contribution in [1.82, 2.24) is 5.16 Å². The number of hydrogen-bond donors (Lipinski definition) is 1. The summed E-state index contributed by atoms with van der Waals surface area (Å²) >= 11 is 6.44. The lowest BCUT2D eigenvalue weighted by atomic mass is 9.94. The Morgan fingerprint density at radius 3 is 2.14 bits per heavy atom. The third kappa shape index (κ3) is 5.37. The lowest BCUT2D eigenvalue weighted by molar-refractivity contribution is -0.138. The summed E-state index contributed by atoms with van der Waals surface area (Å²) < 4.78 is 11.0. The smallest absolute Gasteiger partial charge is 0.419 e. The Balaban J connectivity index is 1.70. The largest absolute Gasteiger partial charge is 0.481 e. The summed E-state index contributed by atoms with van der Waals surface area (Å²) in [6, 6.07) is 22.2. The molecule has 190 valence electrons. The molecule has 7 nitrogen and oxygen atoms in total. The lowest BCUT2D eigenvalue weighted by Gasteiger charge is -2.23. The minimum Gasteiger partial charge on any atom is -0.481 e. The van der Waals surface area contributed by atoms with Crippen LogP contribution in [0, 0.1) is 6.92 Å². The van der Waals surface area contributed by atoms with E-state index >= 15 is 0 Å². The Bertz CT molecular complexity index is 1400. The van der Waals surface area contributed by atoms with Gasteiger partial charge in [-0.1, -0.05) is 84.3 Å². The number of carbonyl (C=O) groups is 2. The number of carboxylic acids is 1. The minimum atomic E-state index is -0.827. The molecule has 1 aromatic heterocycles. The van der Waals surface area contributed by atoms with Gasteiger partial charge in [0.15, 0.2) is 5.76 Å². The maximum Gasteiger partial charge on any atom is 0.419 e. The second-order valence-electron chi connectivity index (χ2n) is 8.43. The van der Waals surface area contributed by atoms with Crippen molar-refractivity contribution >= 4 is 35.0 Å². The Kier molecular flexibility index (Phi) is 7.94. The Labute approximate surface area is 220 Å². The van der Waals surface area contributed by atoms with E-state index in [9.17, 15) is 14.7 Å². The van der Waals surface area contributed by atoms with Crippen LogP contribution in [0.2, 0.25) is 5.02 Å². The molecule has 0 spiro atoms. The van der Waals surface area contributed by atoms with Crippen molar-refractivity contribution in [1.29, 1.82) is 0 Å². The van der Waals surface area contributed by atoms with Crippen LogP contribution in [0.15, 0.2) is 77.3 Å². The molecular formula is C29H27ClN2O5. The number of halogens is 1. The van der Waals surface area contributed by atoms with E-state index < -0.39 is 18.0 Å². The van der Waals surface area contributed by atoms with E-state index in [4.69, 9.17) is 20.9 Å². The number of carbonyl (C=O) groups excluding carboxylic acids is 1. The third-order valence-electron chi connectivity index (χ3n) is 6.10. The Morgan fingerprint density at radius 2 is 1.57 bits per heavy atom. The number of aromatic nitrogens is 1. The van der Waals surface area contributed by atoms with Crippen molar-refractivity contribution < 1.29 is 24.0 Å². The van der Waals surface area contributed by atoms with Gasteiger partial charge < -0.3 is 14.4 Å². The zero-order valence-corrected chi connectivity index (χ0v) is 21.5.